The summed E-state index contributed by atoms with van der Waals surface area (Å²) in [5.74, 6) is -3.35. The number of alkyl halides is 2. The Balaban J connectivity index is 1.81. The van der Waals surface area contributed by atoms with Gasteiger partial charge in [0.05, 0.1) is 18.4 Å². The number of nitrogens with one attached hydrogen (secondary N) is 1. The van der Waals surface area contributed by atoms with Gasteiger partial charge >= 0.3 is 11.7 Å². The van der Waals surface area contributed by atoms with Gasteiger partial charge in [-0.15, -0.1) is 0 Å². The normalized spacial score (nSPS) is 12.1. The van der Waals surface area contributed by atoms with Crippen molar-refractivity contribution in [2.75, 3.05) is 12.9 Å². The average Bonchev–Trinajstić information content (AvgIpc) is 3.38. The van der Waals surface area contributed by atoms with Gasteiger partial charge in [0.2, 0.25) is 11.7 Å². The van der Waals surface area contributed by atoms with Gasteiger partial charge in [-0.05, 0) is 35.4 Å². The molecule has 0 radical (unpaired) electrons. The van der Waals surface area contributed by atoms with Gasteiger partial charge in [0.25, 0.3) is 6.43 Å². The predicted octanol–water partition coefficient (Wildman–Crippen LogP) is 2.11. The summed E-state index contributed by atoms with van der Waals surface area (Å²) in [7, 11) is 1.16. The molecule has 2 heterocycles. The zero-order chi connectivity index (χ0) is 24.1. The molecular weight excluding hydrogens is 471 g/mol. The quantitative estimate of drug-likeness (QED) is 0.271. The number of amides is 1. The standard InChI is InChI=1S/C18H16F3N5O6S/c1-8(22-12(27)6-13(28)30-2)7-33-17-14(23-32-25-17)16-24-31-18(29)26(16)9-3-4-11(19)10(5-9)15(20)21/h3-5,8,15H,6-7H2,1-2H3,(H,22,27). The summed E-state index contributed by atoms with van der Waals surface area (Å²) in [6, 6.07) is 2.26. The van der Waals surface area contributed by atoms with E-state index in [1.54, 1.807) is 6.92 Å². The second-order valence-corrected chi connectivity index (χ2v) is 7.57. The number of halogens is 3. The Morgan fingerprint density at radius 3 is 2.73 bits per heavy atom. The molecule has 0 aliphatic rings. The number of methoxy groups -OCH3 is 1. The van der Waals surface area contributed by atoms with Crippen molar-refractivity contribution in [3.8, 4) is 17.2 Å². The summed E-state index contributed by atoms with van der Waals surface area (Å²) < 4.78 is 54.4. The van der Waals surface area contributed by atoms with E-state index < -0.39 is 47.9 Å². The lowest BCUT2D eigenvalue weighted by atomic mass is 10.2. The highest BCUT2D eigenvalue weighted by Crippen LogP contribution is 2.30. The molecule has 0 bridgehead atoms. The first-order valence-electron chi connectivity index (χ1n) is 9.19. The van der Waals surface area contributed by atoms with E-state index in [-0.39, 0.29) is 28.0 Å². The molecule has 11 nitrogen and oxygen atoms in total. The van der Waals surface area contributed by atoms with Crippen LogP contribution in [0.25, 0.3) is 17.2 Å². The Hall–Kier alpha value is -3.62. The summed E-state index contributed by atoms with van der Waals surface area (Å²) in [5, 5.41) is 13.8. The van der Waals surface area contributed by atoms with Crippen molar-refractivity contribution in [1.82, 2.24) is 25.4 Å². The number of hydrogen-bond donors (Lipinski definition) is 1. The predicted molar refractivity (Wildman–Crippen MR) is 105 cm³/mol. The minimum Gasteiger partial charge on any atom is -0.469 e. The molecule has 3 aromatic rings. The van der Waals surface area contributed by atoms with Gasteiger partial charge in [0.1, 0.15) is 12.2 Å². The molecule has 33 heavy (non-hydrogen) atoms. The molecule has 15 heteroatoms. The van der Waals surface area contributed by atoms with Gasteiger partial charge in [0, 0.05) is 11.8 Å². The number of thioether (sulfide) groups is 1. The molecule has 1 N–H and O–H groups in total. The monoisotopic (exact) mass is 487 g/mol. The molecule has 0 saturated heterocycles. The Kier molecular flexibility index (Phi) is 7.52. The Bertz CT molecular complexity index is 1210. The largest absolute Gasteiger partial charge is 0.469 e. The van der Waals surface area contributed by atoms with E-state index in [1.807, 2.05) is 0 Å². The van der Waals surface area contributed by atoms with Crippen LogP contribution in [0.2, 0.25) is 0 Å². The smallest absolute Gasteiger partial charge is 0.446 e. The first kappa shape index (κ1) is 24.0. The highest BCUT2D eigenvalue weighted by Gasteiger charge is 2.25. The van der Waals surface area contributed by atoms with Gasteiger partial charge < -0.3 is 10.1 Å². The van der Waals surface area contributed by atoms with Crippen molar-refractivity contribution in [3.05, 3.63) is 40.1 Å². The van der Waals surface area contributed by atoms with Crippen molar-refractivity contribution in [2.24, 2.45) is 0 Å². The van der Waals surface area contributed by atoms with Crippen molar-refractivity contribution in [2.45, 2.75) is 30.8 Å². The lowest BCUT2D eigenvalue weighted by molar-refractivity contribution is -0.143. The minimum absolute atomic E-state index is 0.0399. The maximum atomic E-state index is 13.7. The number of hydrogen-bond acceptors (Lipinski definition) is 10. The average molecular weight is 487 g/mol. The summed E-state index contributed by atoms with van der Waals surface area (Å²) in [6.45, 7) is 1.67. The highest BCUT2D eigenvalue weighted by atomic mass is 32.2. The van der Waals surface area contributed by atoms with Crippen LogP contribution in [0.15, 0.2) is 37.2 Å². The minimum atomic E-state index is -3.11. The SMILES string of the molecule is COC(=O)CC(=O)NC(C)CSc1nonc1-c1noc(=O)n1-c1ccc(F)c(C(F)F)c1. The zero-order valence-electron chi connectivity index (χ0n) is 17.1. The fourth-order valence-corrected chi connectivity index (χ4v) is 3.49. The molecular formula is C18H16F3N5O6S. The van der Waals surface area contributed by atoms with Crippen molar-refractivity contribution < 1.29 is 36.6 Å². The fraction of sp³-hybridized carbons (Fsp3) is 0.333. The Labute approximate surface area is 187 Å². The van der Waals surface area contributed by atoms with E-state index in [1.165, 1.54) is 0 Å². The highest BCUT2D eigenvalue weighted by molar-refractivity contribution is 7.99. The molecule has 0 aliphatic heterocycles. The number of esters is 1. The molecule has 1 atom stereocenters. The first-order valence-corrected chi connectivity index (χ1v) is 10.2. The number of carbonyl (C=O) groups excluding carboxylic acids is 2. The molecule has 1 aromatic carbocycles. The van der Waals surface area contributed by atoms with Crippen LogP contribution in [0.1, 0.15) is 25.3 Å². The summed E-state index contributed by atoms with van der Waals surface area (Å²) in [6.07, 6.45) is -3.55. The molecule has 1 amide bonds. The fourth-order valence-electron chi connectivity index (χ4n) is 2.65. The topological polar surface area (TPSA) is 142 Å². The van der Waals surface area contributed by atoms with Crippen molar-refractivity contribution in [3.63, 3.8) is 0 Å². The molecule has 0 fully saturated rings. The number of carbonyl (C=O) groups is 2. The van der Waals surface area contributed by atoms with Crippen LogP contribution in [0.4, 0.5) is 13.2 Å². The van der Waals surface area contributed by atoms with Gasteiger partial charge in [-0.1, -0.05) is 16.9 Å². The molecule has 3 rings (SSSR count). The maximum absolute atomic E-state index is 13.7. The maximum Gasteiger partial charge on any atom is 0.446 e. The number of rotatable bonds is 9. The second-order valence-electron chi connectivity index (χ2n) is 6.56. The molecule has 1 unspecified atom stereocenters. The van der Waals surface area contributed by atoms with Crippen LogP contribution in [0, 0.1) is 5.82 Å². The molecule has 0 spiro atoms. The van der Waals surface area contributed by atoms with E-state index in [2.05, 4.69) is 30.0 Å². The summed E-state index contributed by atoms with van der Waals surface area (Å²) >= 11 is 1.07. The van der Waals surface area contributed by atoms with E-state index >= 15 is 0 Å². The molecule has 0 aliphatic carbocycles. The molecule has 2 aromatic heterocycles. The summed E-state index contributed by atoms with van der Waals surface area (Å²) in [5.41, 5.74) is -1.08. The number of aromatic nitrogens is 4. The van der Waals surface area contributed by atoms with E-state index in [0.717, 1.165) is 41.6 Å². The van der Waals surface area contributed by atoms with Gasteiger partial charge in [-0.3, -0.25) is 14.1 Å². The van der Waals surface area contributed by atoms with E-state index in [4.69, 9.17) is 4.63 Å². The van der Waals surface area contributed by atoms with Crippen molar-refractivity contribution in [1.29, 1.82) is 0 Å². The third-order valence-electron chi connectivity index (χ3n) is 4.16. The van der Waals surface area contributed by atoms with Crippen LogP contribution in [-0.4, -0.2) is 50.8 Å². The third-order valence-corrected chi connectivity index (χ3v) is 5.37. The summed E-state index contributed by atoms with van der Waals surface area (Å²) in [4.78, 5) is 35.1. The van der Waals surface area contributed by atoms with Gasteiger partial charge in [-0.25, -0.2) is 27.2 Å². The van der Waals surface area contributed by atoms with Crippen LogP contribution in [0.3, 0.4) is 0 Å². The Morgan fingerprint density at radius 1 is 1.27 bits per heavy atom. The first-order chi connectivity index (χ1) is 15.7. The van der Waals surface area contributed by atoms with E-state index in [0.29, 0.717) is 0 Å². The van der Waals surface area contributed by atoms with Gasteiger partial charge in [-0.2, -0.15) is 0 Å². The van der Waals surface area contributed by atoms with Crippen LogP contribution < -0.4 is 11.1 Å². The second kappa shape index (κ2) is 10.3. The van der Waals surface area contributed by atoms with Gasteiger partial charge in [0.15, 0.2) is 10.7 Å². The lowest BCUT2D eigenvalue weighted by Gasteiger charge is -2.12. The molecule has 0 saturated carbocycles. The van der Waals surface area contributed by atoms with Crippen molar-refractivity contribution >= 4 is 23.6 Å². The lowest BCUT2D eigenvalue weighted by Crippen LogP contribution is -2.35. The molecule has 176 valence electrons. The van der Waals surface area contributed by atoms with E-state index in [9.17, 15) is 27.6 Å². The number of nitrogens with zero attached hydrogens (tertiary/aromatic N) is 4. The Morgan fingerprint density at radius 2 is 2.03 bits per heavy atom. The van der Waals surface area contributed by atoms with Crippen LogP contribution >= 0.6 is 11.8 Å². The van der Waals surface area contributed by atoms with Crippen LogP contribution in [-0.2, 0) is 14.3 Å². The zero-order valence-corrected chi connectivity index (χ0v) is 17.9. The number of ether oxygens (including phenoxy) is 1. The number of benzene rings is 1. The third kappa shape index (κ3) is 5.60. The van der Waals surface area contributed by atoms with Crippen LogP contribution in [0.5, 0.6) is 0 Å².